The van der Waals surface area contributed by atoms with Crippen molar-refractivity contribution in [3.05, 3.63) is 0 Å². The lowest BCUT2D eigenvalue weighted by Gasteiger charge is -2.43. The van der Waals surface area contributed by atoms with Gasteiger partial charge in [0, 0.05) is 96.7 Å². The maximum Gasteiger partial charge on any atom is 0.320 e. The first kappa shape index (κ1) is 73.0. The largest absolute Gasteiger partial charge is 0.459 e. The van der Waals surface area contributed by atoms with Crippen LogP contribution >= 0.6 is 0 Å². The highest BCUT2D eigenvalue weighted by molar-refractivity contribution is 5.93. The Morgan fingerprint density at radius 3 is 1.49 bits per heavy atom. The second-order valence-electron chi connectivity index (χ2n) is 26.4. The van der Waals surface area contributed by atoms with Crippen LogP contribution in [0.5, 0.6) is 0 Å². The molecule has 0 rings (SSSR count). The van der Waals surface area contributed by atoms with Crippen molar-refractivity contribution in [1.82, 2.24) is 36.0 Å². The van der Waals surface area contributed by atoms with Gasteiger partial charge in [0.15, 0.2) is 5.78 Å². The van der Waals surface area contributed by atoms with Crippen LogP contribution in [0.3, 0.4) is 0 Å². The number of carbonyl (C=O) groups is 8. The Kier molecular flexibility index (Phi) is 34.4. The lowest BCUT2D eigenvalue weighted by molar-refractivity contribution is -0.160. The lowest BCUT2D eigenvalue weighted by Crippen LogP contribution is -2.52. The van der Waals surface area contributed by atoms with E-state index in [-0.39, 0.29) is 90.6 Å². The summed E-state index contributed by atoms with van der Waals surface area (Å²) in [5.41, 5.74) is -1.67. The molecular weight excluding hydrogens is 983 g/mol. The number of amides is 4. The SMILES string of the molecule is CCCCOCCCC(=O)CCC[C@H](CC)NC(=O)CCC(=O)[C@H](CC)NC(=O)CNC(=O)CNC(=O)CC[C@H](N(CCN(CC(=O)OC(C)(C)C)CC(=O)OC(C)(C)C)CCN(CC(C)(C)C)CC(C)(C)C)C(C)(C)C. The normalized spacial score (nSPS) is 13.7. The van der Waals surface area contributed by atoms with Crippen LogP contribution in [0.15, 0.2) is 0 Å². The van der Waals surface area contributed by atoms with Gasteiger partial charge in [-0.3, -0.25) is 48.2 Å². The molecule has 0 aliphatic carbocycles. The molecule has 4 amide bonds. The Bertz CT molecular complexity index is 1740. The van der Waals surface area contributed by atoms with E-state index in [0.29, 0.717) is 77.6 Å². The predicted octanol–water partition coefficient (Wildman–Crippen LogP) is 7.57. The second-order valence-corrected chi connectivity index (χ2v) is 26.4. The number of esters is 2. The summed E-state index contributed by atoms with van der Waals surface area (Å²) in [7, 11) is 0. The number of hydrogen-bond donors (Lipinski definition) is 4. The van der Waals surface area contributed by atoms with E-state index >= 15 is 0 Å². The molecule has 0 spiro atoms. The zero-order chi connectivity index (χ0) is 59.2. The van der Waals surface area contributed by atoms with Crippen molar-refractivity contribution in [2.45, 2.75) is 237 Å². The Morgan fingerprint density at radius 1 is 0.494 bits per heavy atom. The highest BCUT2D eigenvalue weighted by atomic mass is 16.6. The number of nitrogens with zero attached hydrogens (tertiary/aromatic N) is 3. The van der Waals surface area contributed by atoms with E-state index in [1.807, 2.05) is 6.92 Å². The van der Waals surface area contributed by atoms with Crippen molar-refractivity contribution in [3.63, 3.8) is 0 Å². The van der Waals surface area contributed by atoms with Crippen molar-refractivity contribution in [2.24, 2.45) is 16.2 Å². The first-order valence-electron chi connectivity index (χ1n) is 28.8. The molecule has 0 heterocycles. The van der Waals surface area contributed by atoms with E-state index in [9.17, 15) is 38.4 Å². The van der Waals surface area contributed by atoms with Gasteiger partial charge >= 0.3 is 11.9 Å². The van der Waals surface area contributed by atoms with Gasteiger partial charge in [0.2, 0.25) is 23.6 Å². The van der Waals surface area contributed by atoms with Crippen LogP contribution in [0, 0.1) is 16.2 Å². The number of ketones is 2. The number of carbonyl (C=O) groups excluding carboxylic acids is 8. The number of rotatable bonds is 39. The Hall–Kier alpha value is -4.00. The summed E-state index contributed by atoms with van der Waals surface area (Å²) >= 11 is 0. The highest BCUT2D eigenvalue weighted by Gasteiger charge is 2.33. The minimum absolute atomic E-state index is 0.0395. The monoisotopic (exact) mass is 1090 g/mol. The molecule has 0 aromatic carbocycles. The predicted molar refractivity (Wildman–Crippen MR) is 306 cm³/mol. The van der Waals surface area contributed by atoms with Crippen LogP contribution in [0.1, 0.15) is 208 Å². The van der Waals surface area contributed by atoms with Gasteiger partial charge in [-0.1, -0.05) is 89.5 Å². The second kappa shape index (κ2) is 36.3. The van der Waals surface area contributed by atoms with Crippen molar-refractivity contribution >= 4 is 47.1 Å². The molecule has 0 radical (unpaired) electrons. The van der Waals surface area contributed by atoms with Crippen LogP contribution in [-0.4, -0.2) is 170 Å². The number of ether oxygens (including phenoxy) is 3. The van der Waals surface area contributed by atoms with Gasteiger partial charge in [-0.2, -0.15) is 0 Å². The quantitative estimate of drug-likeness (QED) is 0.0345. The summed E-state index contributed by atoms with van der Waals surface area (Å²) in [5.74, 6) is -2.78. The van der Waals surface area contributed by atoms with Gasteiger partial charge in [-0.05, 0) is 103 Å². The summed E-state index contributed by atoms with van der Waals surface area (Å²) in [5, 5.41) is 10.9. The zero-order valence-electron chi connectivity index (χ0n) is 51.7. The summed E-state index contributed by atoms with van der Waals surface area (Å²) < 4.78 is 16.9. The van der Waals surface area contributed by atoms with Crippen molar-refractivity contribution in [3.8, 4) is 0 Å². The third kappa shape index (κ3) is 39.9. The summed E-state index contributed by atoms with van der Waals surface area (Å²) in [6.45, 7) is 40.6. The van der Waals surface area contributed by atoms with Gasteiger partial charge in [0.25, 0.3) is 0 Å². The van der Waals surface area contributed by atoms with Gasteiger partial charge in [0.1, 0.15) is 17.0 Å². The molecule has 0 bridgehead atoms. The van der Waals surface area contributed by atoms with E-state index in [0.717, 1.165) is 39.1 Å². The molecular formula is C59H111N7O11. The maximum atomic E-state index is 13.4. The van der Waals surface area contributed by atoms with Gasteiger partial charge in [-0.25, -0.2) is 0 Å². The molecule has 3 atom stereocenters. The number of hydrogen-bond acceptors (Lipinski definition) is 14. The zero-order valence-corrected chi connectivity index (χ0v) is 51.7. The van der Waals surface area contributed by atoms with Gasteiger partial charge in [-0.15, -0.1) is 0 Å². The van der Waals surface area contributed by atoms with Crippen molar-refractivity contribution in [1.29, 1.82) is 0 Å². The lowest BCUT2D eigenvalue weighted by atomic mass is 9.82. The topological polar surface area (TPSA) is 222 Å². The van der Waals surface area contributed by atoms with Crippen LogP contribution < -0.4 is 21.3 Å². The first-order valence-corrected chi connectivity index (χ1v) is 28.8. The Morgan fingerprint density at radius 2 is 1.00 bits per heavy atom. The minimum atomic E-state index is -0.842. The fourth-order valence-electron chi connectivity index (χ4n) is 8.92. The van der Waals surface area contributed by atoms with Gasteiger partial charge < -0.3 is 40.4 Å². The van der Waals surface area contributed by atoms with E-state index in [2.05, 4.69) is 100 Å². The molecule has 0 aliphatic heterocycles. The highest BCUT2D eigenvalue weighted by Crippen LogP contribution is 2.29. The standard InChI is InChI=1S/C59H111N7O11/c1-19-22-36-75-37-24-27-45(67)26-23-25-44(20-2)62-50(70)30-28-47(68)46(21-3)63-52(72)39-61-51(71)38-60-49(69)31-29-48(57(10,11)12)66(35-33-65(42-55(4,5)6)43-56(7,8)9)34-32-64(40-53(73)76-58(13,14)15)41-54(74)77-59(16,17)18/h44,46,48H,19-43H2,1-18H3,(H,60,69)(H,61,71)(H,62,70)(H,63,72)/t44-,46-,48-/m0/s1. The average molecular weight is 1090 g/mol. The van der Waals surface area contributed by atoms with Crippen LogP contribution in [0.2, 0.25) is 0 Å². The molecule has 0 fully saturated rings. The minimum Gasteiger partial charge on any atom is -0.459 e. The molecule has 0 unspecified atom stereocenters. The summed E-state index contributed by atoms with van der Waals surface area (Å²) in [4.78, 5) is 110. The molecule has 77 heavy (non-hydrogen) atoms. The first-order chi connectivity index (χ1) is 35.4. The van der Waals surface area contributed by atoms with E-state index in [1.165, 1.54) is 0 Å². The van der Waals surface area contributed by atoms with Crippen LogP contribution in [0.25, 0.3) is 0 Å². The Labute approximate surface area is 466 Å². The average Bonchev–Trinajstić information content (AvgIpc) is 3.27. The van der Waals surface area contributed by atoms with Gasteiger partial charge in [0.05, 0.1) is 32.2 Å². The van der Waals surface area contributed by atoms with Crippen LogP contribution in [-0.2, 0) is 52.6 Å². The number of nitrogens with one attached hydrogen (secondary N) is 4. The molecule has 18 heteroatoms. The molecule has 0 aliphatic rings. The summed E-state index contributed by atoms with van der Waals surface area (Å²) in [6.07, 6.45) is 6.48. The summed E-state index contributed by atoms with van der Waals surface area (Å²) in [6, 6.07) is -1.09. The Balaban J connectivity index is 5.68. The molecule has 18 nitrogen and oxygen atoms in total. The molecule has 0 aromatic heterocycles. The van der Waals surface area contributed by atoms with E-state index in [1.54, 1.807) is 53.4 Å². The molecule has 448 valence electrons. The third-order valence-electron chi connectivity index (χ3n) is 12.3. The fraction of sp³-hybridized carbons (Fsp3) is 0.864. The van der Waals surface area contributed by atoms with Crippen molar-refractivity contribution < 1.29 is 52.6 Å². The van der Waals surface area contributed by atoms with E-state index in [4.69, 9.17) is 14.2 Å². The van der Waals surface area contributed by atoms with Crippen molar-refractivity contribution in [2.75, 3.05) is 78.7 Å². The molecule has 0 saturated heterocycles. The third-order valence-corrected chi connectivity index (χ3v) is 12.3. The number of Topliss-reactive ketones (excluding diaryl/α,β-unsaturated/α-hetero) is 2. The van der Waals surface area contributed by atoms with Crippen LogP contribution in [0.4, 0.5) is 0 Å². The molecule has 0 aromatic rings. The number of unbranched alkanes of at least 4 members (excludes halogenated alkanes) is 1. The smallest absolute Gasteiger partial charge is 0.320 e. The van der Waals surface area contributed by atoms with E-state index < -0.39 is 47.5 Å². The maximum absolute atomic E-state index is 13.4. The molecule has 0 saturated carbocycles. The molecule has 4 N–H and O–H groups in total. The fourth-order valence-corrected chi connectivity index (χ4v) is 8.92.